The van der Waals surface area contributed by atoms with Gasteiger partial charge in [-0.25, -0.2) is 9.48 Å². The van der Waals surface area contributed by atoms with E-state index in [9.17, 15) is 14.4 Å². The maximum atomic E-state index is 12.3. The number of hydrogen-bond acceptors (Lipinski definition) is 7. The van der Waals surface area contributed by atoms with Crippen LogP contribution in [0.3, 0.4) is 0 Å². The highest BCUT2D eigenvalue weighted by molar-refractivity contribution is 6.05. The van der Waals surface area contributed by atoms with Crippen molar-refractivity contribution in [3.05, 3.63) is 72.1 Å². The maximum absolute atomic E-state index is 12.3. The Morgan fingerprint density at radius 1 is 0.967 bits per heavy atom. The molecule has 1 aromatic heterocycles. The Balaban J connectivity index is 1.60. The quantitative estimate of drug-likeness (QED) is 0.595. The average molecular weight is 409 g/mol. The van der Waals surface area contributed by atoms with E-state index in [0.29, 0.717) is 5.75 Å². The van der Waals surface area contributed by atoms with Crippen molar-refractivity contribution in [3.63, 3.8) is 0 Å². The molecule has 0 radical (unpaired) electrons. The molecule has 1 N–H and O–H groups in total. The van der Waals surface area contributed by atoms with E-state index in [1.807, 2.05) is 18.2 Å². The minimum Gasteiger partial charge on any atom is -0.497 e. The van der Waals surface area contributed by atoms with Gasteiger partial charge in [0.05, 0.1) is 26.1 Å². The molecule has 0 atom stereocenters. The zero-order valence-electron chi connectivity index (χ0n) is 16.3. The third-order valence-corrected chi connectivity index (χ3v) is 4.05. The summed E-state index contributed by atoms with van der Waals surface area (Å²) in [6, 6.07) is 15.3. The second-order valence-corrected chi connectivity index (χ2v) is 6.01. The van der Waals surface area contributed by atoms with Crippen molar-refractivity contribution in [2.75, 3.05) is 20.8 Å². The lowest BCUT2D eigenvalue weighted by molar-refractivity contribution is -0.123. The van der Waals surface area contributed by atoms with E-state index in [4.69, 9.17) is 14.2 Å². The maximum Gasteiger partial charge on any atom is 0.363 e. The molecule has 3 aromatic rings. The fraction of sp³-hybridized carbons (Fsp3) is 0.143. The van der Waals surface area contributed by atoms with Crippen LogP contribution in [0, 0.1) is 0 Å². The van der Waals surface area contributed by atoms with Crippen molar-refractivity contribution < 1.29 is 28.6 Å². The number of rotatable bonds is 7. The second-order valence-electron chi connectivity index (χ2n) is 6.01. The lowest BCUT2D eigenvalue weighted by atomic mass is 10.2. The van der Waals surface area contributed by atoms with Gasteiger partial charge >= 0.3 is 5.97 Å². The van der Waals surface area contributed by atoms with Crippen molar-refractivity contribution >= 4 is 17.8 Å². The van der Waals surface area contributed by atoms with E-state index >= 15 is 0 Å². The topological polar surface area (TPSA) is 109 Å². The van der Waals surface area contributed by atoms with E-state index in [1.165, 1.54) is 37.2 Å². The molecule has 0 aliphatic carbocycles. The van der Waals surface area contributed by atoms with Crippen LogP contribution in [-0.4, -0.2) is 48.4 Å². The zero-order valence-corrected chi connectivity index (χ0v) is 16.3. The smallest absolute Gasteiger partial charge is 0.363 e. The molecule has 0 aliphatic heterocycles. The van der Waals surface area contributed by atoms with Gasteiger partial charge in [-0.05, 0) is 36.4 Å². The molecule has 0 aliphatic rings. The summed E-state index contributed by atoms with van der Waals surface area (Å²) in [6.07, 6.45) is 1.53. The van der Waals surface area contributed by atoms with Gasteiger partial charge < -0.3 is 14.2 Å². The number of nitrogens with one attached hydrogen (secondary N) is 1. The number of ether oxygens (including phenoxy) is 3. The van der Waals surface area contributed by atoms with E-state index < -0.39 is 24.4 Å². The first kappa shape index (κ1) is 20.6. The summed E-state index contributed by atoms with van der Waals surface area (Å²) in [5.41, 5.74) is 0.895. The predicted molar refractivity (Wildman–Crippen MR) is 106 cm³/mol. The molecule has 3 rings (SSSR count). The van der Waals surface area contributed by atoms with Gasteiger partial charge in [-0.1, -0.05) is 18.2 Å². The predicted octanol–water partition coefficient (Wildman–Crippen LogP) is 2.00. The number of benzene rings is 2. The minimum absolute atomic E-state index is 0.0874. The van der Waals surface area contributed by atoms with Crippen molar-refractivity contribution in [3.8, 4) is 17.2 Å². The number of imide groups is 1. The molecule has 0 spiro atoms. The van der Waals surface area contributed by atoms with Crippen LogP contribution in [0.4, 0.5) is 0 Å². The van der Waals surface area contributed by atoms with Crippen molar-refractivity contribution in [2.24, 2.45) is 0 Å². The Bertz CT molecular complexity index is 1040. The van der Waals surface area contributed by atoms with Gasteiger partial charge in [0.25, 0.3) is 11.8 Å². The molecule has 9 heteroatoms. The summed E-state index contributed by atoms with van der Waals surface area (Å²) in [5.74, 6) is -1.47. The SMILES string of the molecule is COc1ccc(C(=O)NC(=O)COC(=O)c2nn(-c3ccccc3)cc2OC)cc1. The largest absolute Gasteiger partial charge is 0.497 e. The third-order valence-electron chi connectivity index (χ3n) is 4.05. The standard InChI is InChI=1S/C21H19N3O6/c1-28-16-10-8-14(9-11-16)20(26)22-18(25)13-30-21(27)19-17(29-2)12-24(23-19)15-6-4-3-5-7-15/h3-12H,13H2,1-2H3,(H,22,25,26). The molecule has 0 unspecified atom stereocenters. The van der Waals surface area contributed by atoms with Gasteiger partial charge in [-0.3, -0.25) is 14.9 Å². The van der Waals surface area contributed by atoms with Crippen molar-refractivity contribution in [1.82, 2.24) is 15.1 Å². The van der Waals surface area contributed by atoms with Gasteiger partial charge in [0.15, 0.2) is 12.4 Å². The van der Waals surface area contributed by atoms with Crippen LogP contribution in [-0.2, 0) is 9.53 Å². The van der Waals surface area contributed by atoms with E-state index in [-0.39, 0.29) is 17.0 Å². The first-order valence-electron chi connectivity index (χ1n) is 8.86. The molecular weight excluding hydrogens is 390 g/mol. The normalized spacial score (nSPS) is 10.2. The fourth-order valence-electron chi connectivity index (χ4n) is 2.54. The van der Waals surface area contributed by atoms with Gasteiger partial charge in [0.2, 0.25) is 5.69 Å². The first-order valence-corrected chi connectivity index (χ1v) is 8.86. The summed E-state index contributed by atoms with van der Waals surface area (Å²) < 4.78 is 16.6. The summed E-state index contributed by atoms with van der Waals surface area (Å²) in [4.78, 5) is 36.4. The molecule has 0 bridgehead atoms. The number of amides is 2. The summed E-state index contributed by atoms with van der Waals surface area (Å²) in [5, 5.41) is 6.31. The Labute approximate surface area is 172 Å². The lowest BCUT2D eigenvalue weighted by Gasteiger charge is -2.06. The number of carbonyl (C=O) groups excluding carboxylic acids is 3. The highest BCUT2D eigenvalue weighted by atomic mass is 16.5. The van der Waals surface area contributed by atoms with Crippen LogP contribution in [0.25, 0.3) is 5.69 Å². The Kier molecular flexibility index (Phi) is 6.43. The Morgan fingerprint density at radius 3 is 2.30 bits per heavy atom. The number of nitrogens with zero attached hydrogens (tertiary/aromatic N) is 2. The van der Waals surface area contributed by atoms with Crippen LogP contribution in [0.1, 0.15) is 20.8 Å². The fourth-order valence-corrected chi connectivity index (χ4v) is 2.54. The molecule has 1 heterocycles. The van der Waals surface area contributed by atoms with Gasteiger partial charge in [0.1, 0.15) is 5.75 Å². The molecule has 0 saturated carbocycles. The number of para-hydroxylation sites is 1. The van der Waals surface area contributed by atoms with Crippen LogP contribution < -0.4 is 14.8 Å². The number of aromatic nitrogens is 2. The van der Waals surface area contributed by atoms with Crippen molar-refractivity contribution in [2.45, 2.75) is 0 Å². The molecule has 2 aromatic carbocycles. The summed E-state index contributed by atoms with van der Waals surface area (Å²) >= 11 is 0. The second kappa shape index (κ2) is 9.37. The molecule has 9 nitrogen and oxygen atoms in total. The zero-order chi connectivity index (χ0) is 21.5. The number of methoxy groups -OCH3 is 2. The minimum atomic E-state index is -0.853. The van der Waals surface area contributed by atoms with Crippen molar-refractivity contribution in [1.29, 1.82) is 0 Å². The third kappa shape index (κ3) is 4.82. The average Bonchev–Trinajstić information content (AvgIpc) is 3.23. The molecule has 30 heavy (non-hydrogen) atoms. The molecule has 154 valence electrons. The molecule has 0 fully saturated rings. The highest BCUT2D eigenvalue weighted by Crippen LogP contribution is 2.20. The molecular formula is C21H19N3O6. The van der Waals surface area contributed by atoms with E-state index in [1.54, 1.807) is 24.3 Å². The van der Waals surface area contributed by atoms with Crippen LogP contribution in [0.2, 0.25) is 0 Å². The summed E-state index contributed by atoms with van der Waals surface area (Å²) in [6.45, 7) is -0.651. The molecule has 2 amide bonds. The Hall–Kier alpha value is -4.14. The van der Waals surface area contributed by atoms with Crippen LogP contribution in [0.5, 0.6) is 11.5 Å². The van der Waals surface area contributed by atoms with E-state index in [0.717, 1.165) is 5.69 Å². The highest BCUT2D eigenvalue weighted by Gasteiger charge is 2.21. The Morgan fingerprint density at radius 2 is 1.67 bits per heavy atom. The first-order chi connectivity index (χ1) is 14.5. The number of esters is 1. The van der Waals surface area contributed by atoms with Gasteiger partial charge in [-0.2, -0.15) is 5.10 Å². The van der Waals surface area contributed by atoms with E-state index in [2.05, 4.69) is 10.4 Å². The van der Waals surface area contributed by atoms with Gasteiger partial charge in [0, 0.05) is 5.56 Å². The summed E-state index contributed by atoms with van der Waals surface area (Å²) in [7, 11) is 2.90. The van der Waals surface area contributed by atoms with Gasteiger partial charge in [-0.15, -0.1) is 0 Å². The van der Waals surface area contributed by atoms with Crippen LogP contribution >= 0.6 is 0 Å². The number of hydrogen-bond donors (Lipinski definition) is 1. The lowest BCUT2D eigenvalue weighted by Crippen LogP contribution is -2.34. The van der Waals surface area contributed by atoms with Crippen LogP contribution in [0.15, 0.2) is 60.8 Å². The molecule has 0 saturated heterocycles. The monoisotopic (exact) mass is 409 g/mol. The number of carbonyl (C=O) groups is 3.